The normalized spacial score (nSPS) is 11.7. The SMILES string of the molecule is CC(NC(=O)c1cccc([N+](=O)[O-])c1)C(=O)Nc1ccc2nc(-c3ccc(F)cc3)[nH]c2c1. The number of imidazole rings is 1. The molecule has 1 atom stereocenters. The Labute approximate surface area is 186 Å². The average molecular weight is 447 g/mol. The van der Waals surface area contributed by atoms with Crippen molar-refractivity contribution in [2.45, 2.75) is 13.0 Å². The van der Waals surface area contributed by atoms with E-state index in [1.807, 2.05) is 0 Å². The number of benzene rings is 3. The van der Waals surface area contributed by atoms with E-state index in [2.05, 4.69) is 20.6 Å². The number of hydrogen-bond donors (Lipinski definition) is 3. The lowest BCUT2D eigenvalue weighted by atomic mass is 10.1. The van der Waals surface area contributed by atoms with Gasteiger partial charge in [-0.2, -0.15) is 0 Å². The summed E-state index contributed by atoms with van der Waals surface area (Å²) in [5.41, 5.74) is 2.40. The number of carbonyl (C=O) groups is 2. The summed E-state index contributed by atoms with van der Waals surface area (Å²) in [5, 5.41) is 16.1. The Hall–Kier alpha value is -4.60. The van der Waals surface area contributed by atoms with Gasteiger partial charge < -0.3 is 15.6 Å². The van der Waals surface area contributed by atoms with Crippen molar-refractivity contribution in [1.29, 1.82) is 0 Å². The van der Waals surface area contributed by atoms with Gasteiger partial charge in [-0.05, 0) is 55.5 Å². The third-order valence-electron chi connectivity index (χ3n) is 4.93. The van der Waals surface area contributed by atoms with Gasteiger partial charge in [-0.25, -0.2) is 9.37 Å². The molecule has 0 spiro atoms. The molecule has 0 radical (unpaired) electrons. The van der Waals surface area contributed by atoms with Gasteiger partial charge in [0, 0.05) is 28.9 Å². The fraction of sp³-hybridized carbons (Fsp3) is 0.0870. The Balaban J connectivity index is 1.44. The van der Waals surface area contributed by atoms with Crippen LogP contribution in [0.5, 0.6) is 0 Å². The highest BCUT2D eigenvalue weighted by molar-refractivity contribution is 6.01. The van der Waals surface area contributed by atoms with Crippen LogP contribution in [-0.4, -0.2) is 32.7 Å². The van der Waals surface area contributed by atoms with Gasteiger partial charge in [0.15, 0.2) is 0 Å². The molecule has 9 nitrogen and oxygen atoms in total. The molecule has 3 aromatic carbocycles. The molecule has 166 valence electrons. The van der Waals surface area contributed by atoms with Crippen molar-refractivity contribution in [1.82, 2.24) is 15.3 Å². The third kappa shape index (κ3) is 4.85. The number of rotatable bonds is 6. The van der Waals surface area contributed by atoms with E-state index in [1.165, 1.54) is 37.3 Å². The van der Waals surface area contributed by atoms with E-state index >= 15 is 0 Å². The van der Waals surface area contributed by atoms with E-state index in [0.717, 1.165) is 11.6 Å². The van der Waals surface area contributed by atoms with Crippen molar-refractivity contribution >= 4 is 34.2 Å². The number of aromatic nitrogens is 2. The number of amides is 2. The molecule has 0 fully saturated rings. The first-order valence-corrected chi connectivity index (χ1v) is 9.92. The number of anilines is 1. The maximum atomic E-state index is 13.1. The van der Waals surface area contributed by atoms with Crippen molar-refractivity contribution in [3.63, 3.8) is 0 Å². The summed E-state index contributed by atoms with van der Waals surface area (Å²) in [6, 6.07) is 15.4. The van der Waals surface area contributed by atoms with Gasteiger partial charge >= 0.3 is 0 Å². The molecule has 0 bridgehead atoms. The van der Waals surface area contributed by atoms with E-state index in [-0.39, 0.29) is 17.1 Å². The van der Waals surface area contributed by atoms with E-state index < -0.39 is 22.8 Å². The molecular weight excluding hydrogens is 429 g/mol. The summed E-state index contributed by atoms with van der Waals surface area (Å²) < 4.78 is 13.1. The lowest BCUT2D eigenvalue weighted by Gasteiger charge is -2.14. The minimum Gasteiger partial charge on any atom is -0.341 e. The first kappa shape index (κ1) is 21.6. The van der Waals surface area contributed by atoms with Crippen LogP contribution in [0.4, 0.5) is 15.8 Å². The smallest absolute Gasteiger partial charge is 0.270 e. The number of non-ortho nitro benzene ring substituents is 1. The van der Waals surface area contributed by atoms with E-state index in [9.17, 15) is 24.1 Å². The molecule has 0 aliphatic heterocycles. The maximum absolute atomic E-state index is 13.1. The van der Waals surface area contributed by atoms with Crippen LogP contribution in [0.25, 0.3) is 22.4 Å². The van der Waals surface area contributed by atoms with Crippen molar-refractivity contribution in [3.05, 3.63) is 88.2 Å². The van der Waals surface area contributed by atoms with Crippen molar-refractivity contribution in [3.8, 4) is 11.4 Å². The Bertz CT molecular complexity index is 1370. The molecule has 4 aromatic rings. The highest BCUT2D eigenvalue weighted by Gasteiger charge is 2.19. The summed E-state index contributed by atoms with van der Waals surface area (Å²) in [5.74, 6) is -0.849. The molecule has 3 N–H and O–H groups in total. The summed E-state index contributed by atoms with van der Waals surface area (Å²) in [6.07, 6.45) is 0. The molecular formula is C23H18FN5O4. The fourth-order valence-corrected chi connectivity index (χ4v) is 3.19. The summed E-state index contributed by atoms with van der Waals surface area (Å²) in [4.78, 5) is 42.8. The molecule has 10 heteroatoms. The Morgan fingerprint density at radius 1 is 1.09 bits per heavy atom. The minimum absolute atomic E-state index is 0.0797. The lowest BCUT2D eigenvalue weighted by Crippen LogP contribution is -2.41. The van der Waals surface area contributed by atoms with Crippen LogP contribution in [0.1, 0.15) is 17.3 Å². The number of fused-ring (bicyclic) bond motifs is 1. The number of nitrogens with one attached hydrogen (secondary N) is 3. The molecule has 1 heterocycles. The second kappa shape index (κ2) is 8.87. The molecule has 0 saturated carbocycles. The second-order valence-corrected chi connectivity index (χ2v) is 7.32. The number of H-pyrrole nitrogens is 1. The predicted molar refractivity (Wildman–Crippen MR) is 120 cm³/mol. The number of hydrogen-bond acceptors (Lipinski definition) is 5. The van der Waals surface area contributed by atoms with Crippen molar-refractivity contribution in [2.24, 2.45) is 0 Å². The van der Waals surface area contributed by atoms with Crippen molar-refractivity contribution in [2.75, 3.05) is 5.32 Å². The van der Waals surface area contributed by atoms with Gasteiger partial charge in [0.05, 0.1) is 16.0 Å². The quantitative estimate of drug-likeness (QED) is 0.303. The Morgan fingerprint density at radius 2 is 1.85 bits per heavy atom. The Kier molecular flexibility index (Phi) is 5.81. The fourth-order valence-electron chi connectivity index (χ4n) is 3.19. The van der Waals surface area contributed by atoms with Crippen LogP contribution in [0.2, 0.25) is 0 Å². The van der Waals surface area contributed by atoms with Gasteiger partial charge in [-0.15, -0.1) is 0 Å². The molecule has 2 amide bonds. The van der Waals surface area contributed by atoms with Crippen LogP contribution >= 0.6 is 0 Å². The average Bonchev–Trinajstić information content (AvgIpc) is 3.23. The molecule has 0 saturated heterocycles. The van der Waals surface area contributed by atoms with E-state index in [1.54, 1.807) is 30.3 Å². The van der Waals surface area contributed by atoms with Gasteiger partial charge in [0.25, 0.3) is 11.6 Å². The number of aromatic amines is 1. The standard InChI is InChI=1S/C23H18FN5O4/c1-13(25-23(31)15-3-2-4-18(11-15)29(32)33)22(30)26-17-9-10-19-20(12-17)28-21(27-19)14-5-7-16(24)8-6-14/h2-13H,1H3,(H,25,31)(H,26,30)(H,27,28). The van der Waals surface area contributed by atoms with Gasteiger partial charge in [-0.3, -0.25) is 19.7 Å². The zero-order chi connectivity index (χ0) is 23.5. The van der Waals surface area contributed by atoms with Crippen LogP contribution in [0.15, 0.2) is 66.7 Å². The van der Waals surface area contributed by atoms with Crippen molar-refractivity contribution < 1.29 is 18.9 Å². The number of carbonyl (C=O) groups excluding carboxylic acids is 2. The Morgan fingerprint density at radius 3 is 2.58 bits per heavy atom. The highest BCUT2D eigenvalue weighted by atomic mass is 19.1. The van der Waals surface area contributed by atoms with Crippen LogP contribution in [0.3, 0.4) is 0 Å². The zero-order valence-corrected chi connectivity index (χ0v) is 17.3. The summed E-state index contributed by atoms with van der Waals surface area (Å²) >= 11 is 0. The molecule has 0 aliphatic rings. The highest BCUT2D eigenvalue weighted by Crippen LogP contribution is 2.23. The molecule has 1 unspecified atom stereocenters. The number of nitro groups is 1. The summed E-state index contributed by atoms with van der Waals surface area (Å²) in [6.45, 7) is 1.51. The minimum atomic E-state index is -0.899. The van der Waals surface area contributed by atoms with Crippen LogP contribution in [-0.2, 0) is 4.79 Å². The topological polar surface area (TPSA) is 130 Å². The van der Waals surface area contributed by atoms with E-state index in [4.69, 9.17) is 0 Å². The third-order valence-corrected chi connectivity index (χ3v) is 4.93. The number of halogens is 1. The van der Waals surface area contributed by atoms with E-state index in [0.29, 0.717) is 22.5 Å². The number of nitrogens with zero attached hydrogens (tertiary/aromatic N) is 2. The zero-order valence-electron chi connectivity index (χ0n) is 17.3. The first-order chi connectivity index (χ1) is 15.8. The predicted octanol–water partition coefficient (Wildman–Crippen LogP) is 4.03. The van der Waals surface area contributed by atoms with Gasteiger partial charge in [0.1, 0.15) is 17.7 Å². The summed E-state index contributed by atoms with van der Waals surface area (Å²) in [7, 11) is 0. The molecule has 1 aromatic heterocycles. The first-order valence-electron chi connectivity index (χ1n) is 9.92. The monoisotopic (exact) mass is 447 g/mol. The molecule has 33 heavy (non-hydrogen) atoms. The van der Waals surface area contributed by atoms with Crippen LogP contribution in [0, 0.1) is 15.9 Å². The van der Waals surface area contributed by atoms with Crippen LogP contribution < -0.4 is 10.6 Å². The second-order valence-electron chi connectivity index (χ2n) is 7.32. The molecule has 4 rings (SSSR count). The lowest BCUT2D eigenvalue weighted by molar-refractivity contribution is -0.384. The maximum Gasteiger partial charge on any atom is 0.270 e. The molecule has 0 aliphatic carbocycles. The largest absolute Gasteiger partial charge is 0.341 e. The number of nitro benzene ring substituents is 1. The van der Waals surface area contributed by atoms with Gasteiger partial charge in [0.2, 0.25) is 5.91 Å². The van der Waals surface area contributed by atoms with Gasteiger partial charge in [-0.1, -0.05) is 6.07 Å².